The number of rotatable bonds is 2. The van der Waals surface area contributed by atoms with Gasteiger partial charge in [-0.1, -0.05) is 0 Å². The summed E-state index contributed by atoms with van der Waals surface area (Å²) < 4.78 is 16.7. The molecule has 0 aromatic heterocycles. The molecule has 0 aliphatic carbocycles. The first-order chi connectivity index (χ1) is 5.54. The predicted molar refractivity (Wildman–Crippen MR) is 48.9 cm³/mol. The fourth-order valence-corrected chi connectivity index (χ4v) is 5.41. The predicted octanol–water partition coefficient (Wildman–Crippen LogP) is 1.66. The fraction of sp³-hybridized carbons (Fsp3) is 1.00. The molecule has 0 bridgehead atoms. The second-order valence-electron chi connectivity index (χ2n) is 3.81. The topological polar surface area (TPSA) is 27.7 Å². The molecule has 0 amide bonds. The maximum atomic E-state index is 5.69. The van der Waals surface area contributed by atoms with Crippen LogP contribution in [-0.2, 0) is 9.22 Å². The molecule has 3 nitrogen and oxygen atoms in total. The Kier molecular flexibility index (Phi) is 3.42. The third-order valence-corrected chi connectivity index (χ3v) is 8.52. The molecule has 1 rings (SSSR count). The Bertz CT molecular complexity index is 134. The molecule has 0 atom stereocenters. The van der Waals surface area contributed by atoms with Crippen LogP contribution in [0.5, 0.6) is 0 Å². The van der Waals surface area contributed by atoms with Crippen LogP contribution >= 0.6 is 0 Å². The van der Waals surface area contributed by atoms with Gasteiger partial charge in [0, 0.05) is 0 Å². The summed E-state index contributed by atoms with van der Waals surface area (Å²) in [5.41, 5.74) is 0.203. The number of hydrogen-bond acceptors (Lipinski definition) is 3. The summed E-state index contributed by atoms with van der Waals surface area (Å²) in [5, 5.41) is 0. The molecule has 0 N–H and O–H groups in total. The van der Waals surface area contributed by atoms with E-state index in [0.29, 0.717) is 0 Å². The molecule has 0 radical (unpaired) electrons. The average Bonchev–Trinajstić information content (AvgIpc) is 2.11. The van der Waals surface area contributed by atoms with Gasteiger partial charge in [-0.05, 0) is 0 Å². The van der Waals surface area contributed by atoms with E-state index in [9.17, 15) is 0 Å². The van der Waals surface area contributed by atoms with E-state index in [4.69, 9.17) is 9.22 Å². The Labute approximate surface area is 79.9 Å². The third kappa shape index (κ3) is 2.34. The first-order valence-electron chi connectivity index (χ1n) is 4.37. The van der Waals surface area contributed by atoms with Crippen LogP contribution in [-0.4, -0.2) is 39.9 Å². The van der Waals surface area contributed by atoms with Crippen molar-refractivity contribution >= 4 is 19.6 Å². The van der Waals surface area contributed by atoms with E-state index in [0.717, 1.165) is 19.6 Å². The van der Waals surface area contributed by atoms with E-state index in [1.807, 2.05) is 4.94 Å². The standard InChI is InChI=1S/C6H12O2.CH3O.CH3.Sn/c1-3-6(2,4-7)5-8;1-2;;/h3-5H2,1-2H3;1H3;1H3;/q-2;-1;;+3. The summed E-state index contributed by atoms with van der Waals surface area (Å²) in [5.74, 6) is 0. The molecule has 72 valence electrons. The molecule has 1 saturated heterocycles. The monoisotopic (exact) mass is 282 g/mol. The summed E-state index contributed by atoms with van der Waals surface area (Å²) >= 11 is -2.93. The quantitative estimate of drug-likeness (QED) is 0.720. The third-order valence-electron chi connectivity index (χ3n) is 2.59. The Balaban J connectivity index is 2.49. The van der Waals surface area contributed by atoms with Crippen LogP contribution in [0.25, 0.3) is 0 Å². The van der Waals surface area contributed by atoms with Gasteiger partial charge in [0.05, 0.1) is 0 Å². The number of hydrogen-bond donors (Lipinski definition) is 0. The first-order valence-corrected chi connectivity index (χ1v) is 10.7. The van der Waals surface area contributed by atoms with E-state index in [2.05, 4.69) is 13.8 Å². The van der Waals surface area contributed by atoms with Gasteiger partial charge < -0.3 is 0 Å². The molecule has 0 aromatic carbocycles. The van der Waals surface area contributed by atoms with Crippen molar-refractivity contribution in [1.29, 1.82) is 0 Å². The van der Waals surface area contributed by atoms with Crippen LogP contribution in [0, 0.1) is 5.41 Å². The van der Waals surface area contributed by atoms with Crippen molar-refractivity contribution in [2.45, 2.75) is 25.2 Å². The van der Waals surface area contributed by atoms with Gasteiger partial charge in [0.15, 0.2) is 0 Å². The first kappa shape index (κ1) is 10.8. The molecule has 0 spiro atoms. The molecule has 0 saturated carbocycles. The Morgan fingerprint density at radius 2 is 1.92 bits per heavy atom. The minimum absolute atomic E-state index is 0.203. The molecule has 1 aliphatic heterocycles. The van der Waals surface area contributed by atoms with Gasteiger partial charge >= 0.3 is 79.8 Å². The van der Waals surface area contributed by atoms with Crippen molar-refractivity contribution in [2.75, 3.05) is 20.3 Å². The van der Waals surface area contributed by atoms with Gasteiger partial charge in [-0.3, -0.25) is 0 Å². The second-order valence-corrected chi connectivity index (χ2v) is 11.5. The van der Waals surface area contributed by atoms with Crippen molar-refractivity contribution in [1.82, 2.24) is 0 Å². The van der Waals surface area contributed by atoms with E-state index < -0.39 is 19.6 Å². The summed E-state index contributed by atoms with van der Waals surface area (Å²) in [6.07, 6.45) is 1.10. The molecular weight excluding hydrogens is 263 g/mol. The van der Waals surface area contributed by atoms with Crippen molar-refractivity contribution in [3.05, 3.63) is 0 Å². The fourth-order valence-electron chi connectivity index (χ4n) is 1.02. The molecule has 1 heterocycles. The van der Waals surface area contributed by atoms with Crippen LogP contribution in [0.2, 0.25) is 4.94 Å². The van der Waals surface area contributed by atoms with Gasteiger partial charge in [-0.15, -0.1) is 0 Å². The molecule has 1 aliphatic rings. The van der Waals surface area contributed by atoms with E-state index in [1.165, 1.54) is 0 Å². The van der Waals surface area contributed by atoms with Crippen molar-refractivity contribution < 1.29 is 9.22 Å². The van der Waals surface area contributed by atoms with E-state index in [1.54, 1.807) is 7.11 Å². The zero-order chi connectivity index (χ0) is 9.24. The van der Waals surface area contributed by atoms with Gasteiger partial charge in [0.1, 0.15) is 0 Å². The van der Waals surface area contributed by atoms with Crippen LogP contribution in [0.3, 0.4) is 0 Å². The normalized spacial score (nSPS) is 43.0. The summed E-state index contributed by atoms with van der Waals surface area (Å²) in [6, 6.07) is 0. The van der Waals surface area contributed by atoms with Crippen LogP contribution in [0.4, 0.5) is 0 Å². The zero-order valence-corrected chi connectivity index (χ0v) is 11.2. The Morgan fingerprint density at radius 3 is 2.25 bits per heavy atom. The Morgan fingerprint density at radius 1 is 1.42 bits per heavy atom. The van der Waals surface area contributed by atoms with Gasteiger partial charge in [-0.25, -0.2) is 0 Å². The van der Waals surface area contributed by atoms with Crippen LogP contribution in [0.1, 0.15) is 20.3 Å². The zero-order valence-electron chi connectivity index (χ0n) is 8.35. The van der Waals surface area contributed by atoms with Gasteiger partial charge in [0.25, 0.3) is 0 Å². The average molecular weight is 281 g/mol. The van der Waals surface area contributed by atoms with Crippen LogP contribution < -0.4 is 0 Å². The van der Waals surface area contributed by atoms with Gasteiger partial charge in [-0.2, -0.15) is 0 Å². The molecule has 0 unspecified atom stereocenters. The maximum absolute atomic E-state index is 5.69. The molecule has 12 heavy (non-hydrogen) atoms. The molecule has 4 heteroatoms. The Hall–Kier alpha value is 0.679. The summed E-state index contributed by atoms with van der Waals surface area (Å²) in [4.78, 5) is 2.00. The molecule has 1 fully saturated rings. The van der Waals surface area contributed by atoms with Crippen molar-refractivity contribution in [3.63, 3.8) is 0 Å². The summed E-state index contributed by atoms with van der Waals surface area (Å²) in [6.45, 7) is 5.94. The van der Waals surface area contributed by atoms with Crippen LogP contribution in [0.15, 0.2) is 0 Å². The van der Waals surface area contributed by atoms with Crippen molar-refractivity contribution in [3.8, 4) is 0 Å². The molecule has 0 aromatic rings. The van der Waals surface area contributed by atoms with Crippen molar-refractivity contribution in [2.24, 2.45) is 5.41 Å². The SMILES string of the molecule is CCC1(C)C[O][Sn]([CH3])([O]C)[O]C1. The second kappa shape index (κ2) is 3.82. The summed E-state index contributed by atoms with van der Waals surface area (Å²) in [7, 11) is 1.69. The van der Waals surface area contributed by atoms with E-state index in [-0.39, 0.29) is 5.41 Å². The van der Waals surface area contributed by atoms with Gasteiger partial charge in [0.2, 0.25) is 0 Å². The minimum atomic E-state index is -2.93. The van der Waals surface area contributed by atoms with E-state index >= 15 is 0 Å². The molecular formula is C8H18O3Sn.